The molecule has 2 saturated carbocycles. The van der Waals surface area contributed by atoms with E-state index < -0.39 is 0 Å². The highest BCUT2D eigenvalue weighted by Gasteiger charge is 2.48. The normalized spacial score (nSPS) is 33.6. The van der Waals surface area contributed by atoms with E-state index in [4.69, 9.17) is 0 Å². The van der Waals surface area contributed by atoms with Crippen LogP contribution in [-0.2, 0) is 4.79 Å². The van der Waals surface area contributed by atoms with E-state index in [-0.39, 0.29) is 18.0 Å². The van der Waals surface area contributed by atoms with Crippen molar-refractivity contribution in [2.45, 2.75) is 31.7 Å². The van der Waals surface area contributed by atoms with Crippen molar-refractivity contribution in [1.82, 2.24) is 15.5 Å². The molecule has 0 aromatic heterocycles. The zero-order valence-corrected chi connectivity index (χ0v) is 10.8. The first-order valence-electron chi connectivity index (χ1n) is 6.93. The smallest absolute Gasteiger partial charge is 0.314 e. The third kappa shape index (κ3) is 2.18. The molecule has 3 amide bonds. The summed E-state index contributed by atoms with van der Waals surface area (Å²) >= 11 is 0. The molecule has 1 saturated heterocycles. The monoisotopic (exact) mass is 251 g/mol. The van der Waals surface area contributed by atoms with E-state index in [1.165, 1.54) is 19.3 Å². The molecule has 5 nitrogen and oxygen atoms in total. The Labute approximate surface area is 107 Å². The second-order valence-corrected chi connectivity index (χ2v) is 5.92. The number of likely N-dealkylation sites (tertiary alicyclic amines) is 1. The van der Waals surface area contributed by atoms with Crippen molar-refractivity contribution >= 4 is 11.9 Å². The van der Waals surface area contributed by atoms with Crippen LogP contribution in [0.5, 0.6) is 0 Å². The molecule has 2 aliphatic carbocycles. The summed E-state index contributed by atoms with van der Waals surface area (Å²) in [5, 5.41) is 5.34. The standard InChI is InChI=1S/C13H21N3O2/c1-14-13(18)15-10-6-16(7-10)12(17)5-9-3-2-8-4-11(8)9/h8-11H,2-7H2,1H3,(H2,14,15,18). The van der Waals surface area contributed by atoms with Gasteiger partial charge in [-0.05, 0) is 37.0 Å². The quantitative estimate of drug-likeness (QED) is 0.770. The minimum absolute atomic E-state index is 0.131. The molecule has 0 spiro atoms. The maximum Gasteiger partial charge on any atom is 0.314 e. The van der Waals surface area contributed by atoms with Crippen LogP contribution in [0.25, 0.3) is 0 Å². The first-order valence-corrected chi connectivity index (χ1v) is 6.93. The van der Waals surface area contributed by atoms with E-state index >= 15 is 0 Å². The van der Waals surface area contributed by atoms with Crippen molar-refractivity contribution in [1.29, 1.82) is 0 Å². The third-order valence-corrected chi connectivity index (χ3v) is 4.72. The van der Waals surface area contributed by atoms with Crippen molar-refractivity contribution in [2.24, 2.45) is 17.8 Å². The number of urea groups is 1. The van der Waals surface area contributed by atoms with Gasteiger partial charge in [-0.3, -0.25) is 4.79 Å². The summed E-state index contributed by atoms with van der Waals surface area (Å²) in [7, 11) is 1.60. The van der Waals surface area contributed by atoms with Gasteiger partial charge in [0.05, 0.1) is 6.04 Å². The Morgan fingerprint density at radius 1 is 1.28 bits per heavy atom. The van der Waals surface area contributed by atoms with E-state index in [1.54, 1.807) is 7.05 Å². The predicted octanol–water partition coefficient (Wildman–Crippen LogP) is 0.562. The zero-order valence-electron chi connectivity index (χ0n) is 10.8. The molecule has 3 fully saturated rings. The number of rotatable bonds is 3. The summed E-state index contributed by atoms with van der Waals surface area (Å²) < 4.78 is 0. The van der Waals surface area contributed by atoms with Gasteiger partial charge in [-0.1, -0.05) is 0 Å². The first-order chi connectivity index (χ1) is 8.67. The van der Waals surface area contributed by atoms with Crippen LogP contribution in [0.4, 0.5) is 4.79 Å². The number of nitrogens with zero attached hydrogens (tertiary/aromatic N) is 1. The minimum atomic E-state index is -0.163. The fraction of sp³-hybridized carbons (Fsp3) is 0.846. The summed E-state index contributed by atoms with van der Waals surface area (Å²) in [6, 6.07) is -0.0325. The summed E-state index contributed by atoms with van der Waals surface area (Å²) in [4.78, 5) is 25.0. The highest BCUT2D eigenvalue weighted by molar-refractivity contribution is 5.78. The van der Waals surface area contributed by atoms with Crippen molar-refractivity contribution < 1.29 is 9.59 Å². The molecule has 1 heterocycles. The Morgan fingerprint density at radius 2 is 2.06 bits per heavy atom. The lowest BCUT2D eigenvalue weighted by atomic mass is 9.97. The summed E-state index contributed by atoms with van der Waals surface area (Å²) in [6.07, 6.45) is 4.67. The molecule has 18 heavy (non-hydrogen) atoms. The topological polar surface area (TPSA) is 61.4 Å². The number of amides is 3. The van der Waals surface area contributed by atoms with Crippen LogP contribution in [-0.4, -0.2) is 43.0 Å². The number of hydrogen-bond donors (Lipinski definition) is 2. The van der Waals surface area contributed by atoms with E-state index in [0.29, 0.717) is 19.0 Å². The van der Waals surface area contributed by atoms with Gasteiger partial charge >= 0.3 is 6.03 Å². The van der Waals surface area contributed by atoms with Crippen LogP contribution in [0.2, 0.25) is 0 Å². The zero-order chi connectivity index (χ0) is 12.7. The van der Waals surface area contributed by atoms with Crippen LogP contribution in [0.1, 0.15) is 25.7 Å². The number of carbonyl (C=O) groups excluding carboxylic acids is 2. The Bertz CT molecular complexity index is 365. The molecule has 3 rings (SSSR count). The van der Waals surface area contributed by atoms with Gasteiger partial charge in [-0.2, -0.15) is 0 Å². The molecule has 3 aliphatic rings. The van der Waals surface area contributed by atoms with E-state index in [1.807, 2.05) is 4.90 Å². The Morgan fingerprint density at radius 3 is 2.61 bits per heavy atom. The number of fused-ring (bicyclic) bond motifs is 1. The fourth-order valence-corrected chi connectivity index (χ4v) is 3.46. The van der Waals surface area contributed by atoms with Crippen molar-refractivity contribution in [3.05, 3.63) is 0 Å². The van der Waals surface area contributed by atoms with E-state index in [0.717, 1.165) is 18.3 Å². The van der Waals surface area contributed by atoms with Gasteiger partial charge < -0.3 is 15.5 Å². The van der Waals surface area contributed by atoms with E-state index in [9.17, 15) is 9.59 Å². The molecule has 3 unspecified atom stereocenters. The van der Waals surface area contributed by atoms with Gasteiger partial charge in [-0.15, -0.1) is 0 Å². The molecule has 0 aromatic carbocycles. The third-order valence-electron chi connectivity index (χ3n) is 4.72. The fourth-order valence-electron chi connectivity index (χ4n) is 3.46. The minimum Gasteiger partial charge on any atom is -0.341 e. The van der Waals surface area contributed by atoms with Crippen molar-refractivity contribution in [3.8, 4) is 0 Å². The number of hydrogen-bond acceptors (Lipinski definition) is 2. The lowest BCUT2D eigenvalue weighted by Crippen LogP contribution is -2.62. The van der Waals surface area contributed by atoms with Crippen LogP contribution >= 0.6 is 0 Å². The highest BCUT2D eigenvalue weighted by atomic mass is 16.2. The highest BCUT2D eigenvalue weighted by Crippen LogP contribution is 2.56. The second-order valence-electron chi connectivity index (χ2n) is 5.92. The number of nitrogens with one attached hydrogen (secondary N) is 2. The van der Waals surface area contributed by atoms with Gasteiger partial charge in [0.2, 0.25) is 5.91 Å². The van der Waals surface area contributed by atoms with Crippen molar-refractivity contribution in [3.63, 3.8) is 0 Å². The molecular weight excluding hydrogens is 230 g/mol. The average Bonchev–Trinajstić information content (AvgIpc) is 2.99. The lowest BCUT2D eigenvalue weighted by Gasteiger charge is -2.40. The van der Waals surface area contributed by atoms with Crippen molar-refractivity contribution in [2.75, 3.05) is 20.1 Å². The SMILES string of the molecule is CNC(=O)NC1CN(C(=O)CC2CCC3CC23)C1. The van der Waals surface area contributed by atoms with Gasteiger partial charge in [0.1, 0.15) is 0 Å². The van der Waals surface area contributed by atoms with Crippen LogP contribution in [0, 0.1) is 17.8 Å². The average molecular weight is 251 g/mol. The van der Waals surface area contributed by atoms with E-state index in [2.05, 4.69) is 10.6 Å². The Balaban J connectivity index is 1.38. The van der Waals surface area contributed by atoms with Crippen LogP contribution in [0.3, 0.4) is 0 Å². The summed E-state index contributed by atoms with van der Waals surface area (Å²) in [6.45, 7) is 1.35. The summed E-state index contributed by atoms with van der Waals surface area (Å²) in [5.74, 6) is 2.73. The Kier molecular flexibility index (Phi) is 2.92. The molecule has 1 aliphatic heterocycles. The van der Waals surface area contributed by atoms with Crippen LogP contribution in [0.15, 0.2) is 0 Å². The van der Waals surface area contributed by atoms with Gasteiger partial charge in [0, 0.05) is 26.6 Å². The second kappa shape index (κ2) is 4.44. The van der Waals surface area contributed by atoms with Gasteiger partial charge in [-0.25, -0.2) is 4.79 Å². The largest absolute Gasteiger partial charge is 0.341 e. The predicted molar refractivity (Wildman–Crippen MR) is 66.9 cm³/mol. The number of carbonyl (C=O) groups is 2. The maximum absolute atomic E-state index is 12.0. The van der Waals surface area contributed by atoms with Gasteiger partial charge in [0.15, 0.2) is 0 Å². The molecule has 100 valence electrons. The molecule has 0 aromatic rings. The first kappa shape index (κ1) is 11.8. The Hall–Kier alpha value is -1.26. The molecule has 5 heteroatoms. The molecule has 0 bridgehead atoms. The molecular formula is C13H21N3O2. The molecule has 0 radical (unpaired) electrons. The molecule has 3 atom stereocenters. The summed E-state index contributed by atoms with van der Waals surface area (Å²) in [5.41, 5.74) is 0. The lowest BCUT2D eigenvalue weighted by molar-refractivity contribution is -0.137. The van der Waals surface area contributed by atoms with Crippen LogP contribution < -0.4 is 10.6 Å². The molecule has 2 N–H and O–H groups in total. The maximum atomic E-state index is 12.0. The van der Waals surface area contributed by atoms with Gasteiger partial charge in [0.25, 0.3) is 0 Å².